The first kappa shape index (κ1) is 15.4. The minimum atomic E-state index is 0.165. The number of amides is 1. The molecule has 1 saturated heterocycles. The highest BCUT2D eigenvalue weighted by atomic mass is 16.3. The van der Waals surface area contributed by atoms with Gasteiger partial charge in [0, 0.05) is 19.1 Å². The van der Waals surface area contributed by atoms with Crippen molar-refractivity contribution >= 4 is 5.91 Å². The van der Waals surface area contributed by atoms with Gasteiger partial charge in [0.05, 0.1) is 13.2 Å². The molecule has 0 bridgehead atoms. The van der Waals surface area contributed by atoms with E-state index in [1.165, 1.54) is 0 Å². The molecule has 0 radical (unpaired) electrons. The van der Waals surface area contributed by atoms with Gasteiger partial charge in [-0.05, 0) is 38.6 Å². The molecule has 0 spiro atoms. The summed E-state index contributed by atoms with van der Waals surface area (Å²) in [5, 5.41) is 9.25. The predicted octanol–water partition coefficient (Wildman–Crippen LogP) is 1.34. The minimum Gasteiger partial charge on any atom is -0.395 e. The molecule has 0 saturated carbocycles. The van der Waals surface area contributed by atoms with Gasteiger partial charge in [-0.25, -0.2) is 0 Å². The smallest absolute Gasteiger partial charge is 0.236 e. The number of hydrogen-bond acceptors (Lipinski definition) is 3. The molecule has 4 nitrogen and oxygen atoms in total. The molecule has 1 N–H and O–H groups in total. The minimum absolute atomic E-state index is 0.165. The van der Waals surface area contributed by atoms with Crippen molar-refractivity contribution in [2.75, 3.05) is 26.7 Å². The van der Waals surface area contributed by atoms with E-state index in [0.717, 1.165) is 25.8 Å². The van der Waals surface area contributed by atoms with Crippen LogP contribution in [0, 0.1) is 5.92 Å². The molecule has 1 fully saturated rings. The molecule has 2 atom stereocenters. The molecule has 18 heavy (non-hydrogen) atoms. The van der Waals surface area contributed by atoms with Gasteiger partial charge in [0.25, 0.3) is 0 Å². The van der Waals surface area contributed by atoms with Crippen LogP contribution in [0.1, 0.15) is 40.0 Å². The van der Waals surface area contributed by atoms with Gasteiger partial charge in [-0.1, -0.05) is 13.8 Å². The van der Waals surface area contributed by atoms with Gasteiger partial charge < -0.3 is 10.0 Å². The Morgan fingerprint density at radius 3 is 2.67 bits per heavy atom. The van der Waals surface area contributed by atoms with Crippen LogP contribution in [0.15, 0.2) is 0 Å². The van der Waals surface area contributed by atoms with Crippen molar-refractivity contribution in [1.82, 2.24) is 9.80 Å². The van der Waals surface area contributed by atoms with Crippen LogP contribution in [-0.2, 0) is 4.79 Å². The van der Waals surface area contributed by atoms with Crippen LogP contribution in [-0.4, -0.2) is 59.6 Å². The molecule has 0 aromatic carbocycles. The van der Waals surface area contributed by atoms with E-state index in [2.05, 4.69) is 25.7 Å². The molecule has 1 rings (SSSR count). The molecule has 4 heteroatoms. The SMILES string of the molecule is CC(C)CC(C)N(C)C(=O)CN1CCC[C@@H]1CO. The van der Waals surface area contributed by atoms with E-state index in [1.807, 2.05) is 11.9 Å². The summed E-state index contributed by atoms with van der Waals surface area (Å²) in [6.45, 7) is 8.01. The molecular weight excluding hydrogens is 228 g/mol. The highest BCUT2D eigenvalue weighted by Crippen LogP contribution is 2.17. The maximum atomic E-state index is 12.2. The fourth-order valence-corrected chi connectivity index (χ4v) is 2.68. The zero-order valence-corrected chi connectivity index (χ0v) is 12.2. The normalized spacial score (nSPS) is 22.4. The number of rotatable bonds is 6. The summed E-state index contributed by atoms with van der Waals surface area (Å²) in [6.07, 6.45) is 3.13. The summed E-state index contributed by atoms with van der Waals surface area (Å²) in [5.41, 5.74) is 0. The van der Waals surface area contributed by atoms with E-state index in [1.54, 1.807) is 0 Å². The highest BCUT2D eigenvalue weighted by Gasteiger charge is 2.27. The van der Waals surface area contributed by atoms with E-state index in [9.17, 15) is 9.90 Å². The molecule has 1 unspecified atom stereocenters. The molecule has 1 aliphatic heterocycles. The van der Waals surface area contributed by atoms with Crippen molar-refractivity contribution in [2.24, 2.45) is 5.92 Å². The topological polar surface area (TPSA) is 43.8 Å². The molecule has 1 heterocycles. The Morgan fingerprint density at radius 1 is 1.44 bits per heavy atom. The molecule has 1 aliphatic rings. The lowest BCUT2D eigenvalue weighted by atomic mass is 10.0. The fourth-order valence-electron chi connectivity index (χ4n) is 2.68. The quantitative estimate of drug-likeness (QED) is 0.780. The molecule has 106 valence electrons. The lowest BCUT2D eigenvalue weighted by Gasteiger charge is -2.30. The van der Waals surface area contributed by atoms with E-state index in [0.29, 0.717) is 12.5 Å². The lowest BCUT2D eigenvalue weighted by molar-refractivity contribution is -0.133. The monoisotopic (exact) mass is 256 g/mol. The van der Waals surface area contributed by atoms with Gasteiger partial charge in [0.15, 0.2) is 0 Å². The molecule has 0 aliphatic carbocycles. The third-order valence-electron chi connectivity index (χ3n) is 3.92. The van der Waals surface area contributed by atoms with Gasteiger partial charge in [0.2, 0.25) is 5.91 Å². The molecule has 0 aromatic heterocycles. The zero-order chi connectivity index (χ0) is 13.7. The maximum Gasteiger partial charge on any atom is 0.236 e. The van der Waals surface area contributed by atoms with Gasteiger partial charge in [-0.15, -0.1) is 0 Å². The van der Waals surface area contributed by atoms with Crippen molar-refractivity contribution < 1.29 is 9.90 Å². The van der Waals surface area contributed by atoms with Crippen molar-refractivity contribution in [2.45, 2.75) is 52.1 Å². The summed E-state index contributed by atoms with van der Waals surface area (Å²) in [5.74, 6) is 0.774. The highest BCUT2D eigenvalue weighted by molar-refractivity contribution is 5.78. The average molecular weight is 256 g/mol. The van der Waals surface area contributed by atoms with Crippen molar-refractivity contribution in [3.8, 4) is 0 Å². The lowest BCUT2D eigenvalue weighted by Crippen LogP contribution is -2.44. The number of carbonyl (C=O) groups excluding carboxylic acids is 1. The van der Waals surface area contributed by atoms with Crippen LogP contribution in [0.3, 0.4) is 0 Å². The van der Waals surface area contributed by atoms with Crippen molar-refractivity contribution in [1.29, 1.82) is 0 Å². The van der Waals surface area contributed by atoms with Crippen LogP contribution >= 0.6 is 0 Å². The van der Waals surface area contributed by atoms with Crippen LogP contribution in [0.2, 0.25) is 0 Å². The van der Waals surface area contributed by atoms with Crippen LogP contribution < -0.4 is 0 Å². The Kier molecular flexibility index (Phi) is 6.09. The van der Waals surface area contributed by atoms with Gasteiger partial charge in [0.1, 0.15) is 0 Å². The predicted molar refractivity (Wildman–Crippen MR) is 73.4 cm³/mol. The number of likely N-dealkylation sites (N-methyl/N-ethyl adjacent to an activating group) is 1. The van der Waals surface area contributed by atoms with E-state index in [-0.39, 0.29) is 24.6 Å². The Balaban J connectivity index is 2.44. The molecule has 1 amide bonds. The average Bonchev–Trinajstić information content (AvgIpc) is 2.74. The third kappa shape index (κ3) is 4.25. The first-order chi connectivity index (χ1) is 8.45. The largest absolute Gasteiger partial charge is 0.395 e. The van der Waals surface area contributed by atoms with E-state index in [4.69, 9.17) is 0 Å². The third-order valence-corrected chi connectivity index (χ3v) is 3.92. The summed E-state index contributed by atoms with van der Waals surface area (Å²) >= 11 is 0. The first-order valence-electron chi connectivity index (χ1n) is 7.06. The fraction of sp³-hybridized carbons (Fsp3) is 0.929. The second-order valence-corrected chi connectivity index (χ2v) is 5.93. The summed E-state index contributed by atoms with van der Waals surface area (Å²) < 4.78 is 0. The Bertz CT molecular complexity index is 269. The Labute approximate surface area is 111 Å². The number of likely N-dealkylation sites (tertiary alicyclic amines) is 1. The Morgan fingerprint density at radius 2 is 2.11 bits per heavy atom. The zero-order valence-electron chi connectivity index (χ0n) is 12.2. The number of carbonyl (C=O) groups is 1. The van der Waals surface area contributed by atoms with Gasteiger partial charge >= 0.3 is 0 Å². The molecule has 0 aromatic rings. The van der Waals surface area contributed by atoms with Crippen LogP contribution in [0.5, 0.6) is 0 Å². The second kappa shape index (κ2) is 7.10. The van der Waals surface area contributed by atoms with Gasteiger partial charge in [-0.2, -0.15) is 0 Å². The molecular formula is C14H28N2O2. The Hall–Kier alpha value is -0.610. The summed E-state index contributed by atoms with van der Waals surface area (Å²) in [4.78, 5) is 16.2. The summed E-state index contributed by atoms with van der Waals surface area (Å²) in [7, 11) is 1.89. The second-order valence-electron chi connectivity index (χ2n) is 5.93. The van der Waals surface area contributed by atoms with Gasteiger partial charge in [-0.3, -0.25) is 9.69 Å². The van der Waals surface area contributed by atoms with Crippen molar-refractivity contribution in [3.05, 3.63) is 0 Å². The number of aliphatic hydroxyl groups excluding tert-OH is 1. The van der Waals surface area contributed by atoms with E-state index >= 15 is 0 Å². The maximum absolute atomic E-state index is 12.2. The number of hydrogen-bond donors (Lipinski definition) is 1. The number of aliphatic hydroxyl groups is 1. The van der Waals surface area contributed by atoms with E-state index < -0.39 is 0 Å². The number of nitrogens with zero attached hydrogens (tertiary/aromatic N) is 2. The summed E-state index contributed by atoms with van der Waals surface area (Å²) in [6, 6.07) is 0.468. The van der Waals surface area contributed by atoms with Crippen molar-refractivity contribution in [3.63, 3.8) is 0 Å². The van der Waals surface area contributed by atoms with Crippen LogP contribution in [0.4, 0.5) is 0 Å². The first-order valence-corrected chi connectivity index (χ1v) is 7.06. The van der Waals surface area contributed by atoms with Crippen LogP contribution in [0.25, 0.3) is 0 Å². The standard InChI is InChI=1S/C14H28N2O2/c1-11(2)8-12(3)15(4)14(18)9-16-7-5-6-13(16)10-17/h11-13,17H,5-10H2,1-4H3/t12?,13-/m1/s1.